The molecule has 2 aliphatic heterocycles. The van der Waals surface area contributed by atoms with Gasteiger partial charge in [-0.25, -0.2) is 0 Å². The molecule has 2 amide bonds. The number of fused-ring (bicyclic) bond motifs is 1. The van der Waals surface area contributed by atoms with Gasteiger partial charge < -0.3 is 33.5 Å². The van der Waals surface area contributed by atoms with E-state index in [2.05, 4.69) is 0 Å². The van der Waals surface area contributed by atoms with Crippen LogP contribution in [0.3, 0.4) is 0 Å². The van der Waals surface area contributed by atoms with Gasteiger partial charge in [-0.2, -0.15) is 0 Å². The van der Waals surface area contributed by atoms with E-state index in [0.29, 0.717) is 5.06 Å². The van der Waals surface area contributed by atoms with Crippen molar-refractivity contribution < 1.29 is 67.1 Å². The Morgan fingerprint density at radius 3 is 1.88 bits per heavy atom. The highest BCUT2D eigenvalue weighted by Gasteiger charge is 2.53. The van der Waals surface area contributed by atoms with Crippen LogP contribution in [0.25, 0.3) is 0 Å². The quantitative estimate of drug-likeness (QED) is 0.208. The molecule has 3 rings (SSSR count). The number of hydrogen-bond donors (Lipinski definition) is 1. The Morgan fingerprint density at radius 2 is 1.38 bits per heavy atom. The summed E-state index contributed by atoms with van der Waals surface area (Å²) in [4.78, 5) is 77.8. The molecule has 40 heavy (non-hydrogen) atoms. The number of benzene rings is 1. The summed E-state index contributed by atoms with van der Waals surface area (Å²) in [5.41, 5.74) is 0.231. The summed E-state index contributed by atoms with van der Waals surface area (Å²) in [6.45, 7) is 2.63. The van der Waals surface area contributed by atoms with Gasteiger partial charge in [-0.15, -0.1) is 5.06 Å². The van der Waals surface area contributed by atoms with E-state index in [1.165, 1.54) is 12.1 Å². The third-order valence-corrected chi connectivity index (χ3v) is 5.61. The summed E-state index contributed by atoms with van der Waals surface area (Å²) in [6.07, 6.45) is -8.44. The van der Waals surface area contributed by atoms with Crippen LogP contribution >= 0.6 is 0 Å². The number of hydrogen-bond acceptors (Lipinski definition) is 14. The molecule has 1 aromatic rings. The summed E-state index contributed by atoms with van der Waals surface area (Å²) in [6, 6.07) is 6.04. The molecule has 15 nitrogen and oxygen atoms in total. The highest BCUT2D eigenvalue weighted by molar-refractivity contribution is 6.20. The largest absolute Gasteiger partial charge is 0.463 e. The standard InChI is InChI=1S/C25H29NO14/c1-12(28)34-11-19-20(36-13(2)29)21(37-14(3)30)22(38-15(4)31)25(39-19)35-10-16(9-27)40-26-23(32)17-7-5-6-8-18(17)24(26)33/h5-8,16,19-22,25,27H,9-11H2,1-4H3/t16?,19-,20-,21+,22-,25-/m1/s1. The van der Waals surface area contributed by atoms with Gasteiger partial charge in [-0.05, 0) is 12.1 Å². The number of nitrogens with zero attached hydrogens (tertiary/aromatic N) is 1. The van der Waals surface area contributed by atoms with Crippen LogP contribution in [0, 0.1) is 0 Å². The minimum Gasteiger partial charge on any atom is -0.463 e. The monoisotopic (exact) mass is 567 g/mol. The Bertz CT molecular complexity index is 1120. The zero-order valence-corrected chi connectivity index (χ0v) is 22.1. The molecule has 1 fully saturated rings. The number of carbonyl (C=O) groups is 6. The van der Waals surface area contributed by atoms with Crippen molar-refractivity contribution in [1.29, 1.82) is 0 Å². The molecule has 0 saturated carbocycles. The zero-order valence-electron chi connectivity index (χ0n) is 22.1. The van der Waals surface area contributed by atoms with E-state index < -0.39 is 92.3 Å². The Kier molecular flexibility index (Phi) is 10.3. The molecular weight excluding hydrogens is 538 g/mol. The van der Waals surface area contributed by atoms with Crippen LogP contribution in [0.4, 0.5) is 0 Å². The van der Waals surface area contributed by atoms with Crippen LogP contribution in [-0.2, 0) is 52.4 Å². The van der Waals surface area contributed by atoms with E-state index in [1.807, 2.05) is 0 Å². The number of ether oxygens (including phenoxy) is 6. The molecule has 0 spiro atoms. The fraction of sp³-hybridized carbons (Fsp3) is 0.520. The molecule has 218 valence electrons. The highest BCUT2D eigenvalue weighted by Crippen LogP contribution is 2.30. The average Bonchev–Trinajstić information content (AvgIpc) is 3.12. The maximum Gasteiger partial charge on any atom is 0.303 e. The molecule has 0 aromatic heterocycles. The van der Waals surface area contributed by atoms with Crippen molar-refractivity contribution in [3.05, 3.63) is 35.4 Å². The lowest BCUT2D eigenvalue weighted by atomic mass is 9.98. The SMILES string of the molecule is CC(=O)OC[C@H]1O[C@@H](OCC(CO)ON2C(=O)c3ccccc3C2=O)[C@H](OC(C)=O)[C@@H](OC(C)=O)[C@@H]1OC(C)=O. The molecule has 0 bridgehead atoms. The Hall–Kier alpha value is -3.92. The smallest absolute Gasteiger partial charge is 0.303 e. The van der Waals surface area contributed by atoms with Gasteiger partial charge in [-0.3, -0.25) is 33.6 Å². The van der Waals surface area contributed by atoms with Gasteiger partial charge in [0.2, 0.25) is 0 Å². The number of carbonyl (C=O) groups excluding carboxylic acids is 6. The van der Waals surface area contributed by atoms with Crippen molar-refractivity contribution in [3.63, 3.8) is 0 Å². The Morgan fingerprint density at radius 1 is 0.850 bits per heavy atom. The van der Waals surface area contributed by atoms with Gasteiger partial charge in [0, 0.05) is 27.7 Å². The van der Waals surface area contributed by atoms with Gasteiger partial charge in [0.15, 0.2) is 24.6 Å². The number of rotatable bonds is 11. The second kappa shape index (κ2) is 13.4. The molecular formula is C25H29NO14. The van der Waals surface area contributed by atoms with E-state index >= 15 is 0 Å². The van der Waals surface area contributed by atoms with Crippen molar-refractivity contribution in [3.8, 4) is 0 Å². The number of hydroxylamine groups is 2. The third kappa shape index (κ3) is 7.38. The molecule has 1 aromatic carbocycles. The Labute approximate surface area is 228 Å². The molecule has 2 aliphatic rings. The molecule has 2 heterocycles. The number of esters is 4. The van der Waals surface area contributed by atoms with E-state index in [0.717, 1.165) is 27.7 Å². The number of amides is 2. The topological polar surface area (TPSA) is 190 Å². The van der Waals surface area contributed by atoms with Crippen LogP contribution in [-0.4, -0.2) is 102 Å². The lowest BCUT2D eigenvalue weighted by molar-refractivity contribution is -0.314. The number of aliphatic hydroxyl groups is 1. The lowest BCUT2D eigenvalue weighted by Gasteiger charge is -2.44. The van der Waals surface area contributed by atoms with Crippen molar-refractivity contribution in [2.24, 2.45) is 0 Å². The van der Waals surface area contributed by atoms with Crippen LogP contribution in [0.1, 0.15) is 48.4 Å². The van der Waals surface area contributed by atoms with Crippen LogP contribution in [0.5, 0.6) is 0 Å². The average molecular weight is 568 g/mol. The van der Waals surface area contributed by atoms with E-state index in [9.17, 15) is 33.9 Å². The minimum absolute atomic E-state index is 0.115. The first kappa shape index (κ1) is 30.6. The van der Waals surface area contributed by atoms with Crippen molar-refractivity contribution in [1.82, 2.24) is 5.06 Å². The lowest BCUT2D eigenvalue weighted by Crippen LogP contribution is -2.63. The first-order chi connectivity index (χ1) is 18.9. The molecule has 1 N–H and O–H groups in total. The zero-order chi connectivity index (χ0) is 29.6. The Balaban J connectivity index is 1.82. The van der Waals surface area contributed by atoms with Crippen molar-refractivity contribution in [2.45, 2.75) is 64.5 Å². The van der Waals surface area contributed by atoms with E-state index in [1.54, 1.807) is 12.1 Å². The van der Waals surface area contributed by atoms with Crippen LogP contribution < -0.4 is 0 Å². The van der Waals surface area contributed by atoms with Gasteiger partial charge >= 0.3 is 23.9 Å². The van der Waals surface area contributed by atoms with Crippen molar-refractivity contribution in [2.75, 3.05) is 19.8 Å². The molecule has 6 atom stereocenters. The van der Waals surface area contributed by atoms with E-state index in [4.69, 9.17) is 33.3 Å². The highest BCUT2D eigenvalue weighted by atomic mass is 16.8. The predicted molar refractivity (Wildman–Crippen MR) is 127 cm³/mol. The summed E-state index contributed by atoms with van der Waals surface area (Å²) in [5, 5.41) is 10.3. The fourth-order valence-electron chi connectivity index (χ4n) is 4.05. The first-order valence-corrected chi connectivity index (χ1v) is 12.1. The molecule has 0 aliphatic carbocycles. The number of imide groups is 1. The third-order valence-electron chi connectivity index (χ3n) is 5.61. The molecule has 1 saturated heterocycles. The summed E-state index contributed by atoms with van der Waals surface area (Å²) in [7, 11) is 0. The van der Waals surface area contributed by atoms with Gasteiger partial charge in [-0.1, -0.05) is 12.1 Å². The maximum atomic E-state index is 12.6. The first-order valence-electron chi connectivity index (χ1n) is 12.1. The predicted octanol–water partition coefficient (Wildman–Crippen LogP) is -0.325. The van der Waals surface area contributed by atoms with Gasteiger partial charge in [0.25, 0.3) is 11.8 Å². The summed E-state index contributed by atoms with van der Waals surface area (Å²) >= 11 is 0. The summed E-state index contributed by atoms with van der Waals surface area (Å²) in [5.74, 6) is -4.64. The minimum atomic E-state index is -1.54. The fourth-order valence-corrected chi connectivity index (χ4v) is 4.05. The van der Waals surface area contributed by atoms with E-state index in [-0.39, 0.29) is 11.1 Å². The second-order valence-electron chi connectivity index (χ2n) is 8.76. The van der Waals surface area contributed by atoms with Gasteiger partial charge in [0.1, 0.15) is 18.8 Å². The molecule has 0 radical (unpaired) electrons. The van der Waals surface area contributed by atoms with Crippen LogP contribution in [0.15, 0.2) is 24.3 Å². The van der Waals surface area contributed by atoms with Crippen LogP contribution in [0.2, 0.25) is 0 Å². The van der Waals surface area contributed by atoms with Crippen molar-refractivity contribution >= 4 is 35.7 Å². The molecule has 1 unspecified atom stereocenters. The normalized spacial score (nSPS) is 24.6. The number of aliphatic hydroxyl groups excluding tert-OH is 1. The maximum absolute atomic E-state index is 12.6. The summed E-state index contributed by atoms with van der Waals surface area (Å²) < 4.78 is 32.4. The van der Waals surface area contributed by atoms with Gasteiger partial charge in [0.05, 0.1) is 24.3 Å². The molecule has 15 heteroatoms. The second-order valence-corrected chi connectivity index (χ2v) is 8.76.